The molecule has 0 aliphatic carbocycles. The van der Waals surface area contributed by atoms with Crippen LogP contribution < -0.4 is 9.64 Å². The fourth-order valence-corrected chi connectivity index (χ4v) is 3.65. The Morgan fingerprint density at radius 2 is 1.73 bits per heavy atom. The Labute approximate surface area is 156 Å². The van der Waals surface area contributed by atoms with Crippen LogP contribution in [0.4, 0.5) is 5.69 Å². The van der Waals surface area contributed by atoms with Crippen LogP contribution in [-0.4, -0.2) is 44.1 Å². The predicted molar refractivity (Wildman–Crippen MR) is 106 cm³/mol. The molecule has 1 saturated heterocycles. The van der Waals surface area contributed by atoms with Gasteiger partial charge in [0.15, 0.2) is 0 Å². The number of carbonyl (C=O) groups excluding carboxylic acids is 1. The fraction of sp³-hybridized carbons (Fsp3) is 0.409. The Morgan fingerprint density at radius 1 is 1.00 bits per heavy atom. The molecule has 0 aromatic heterocycles. The number of nitrogens with zero attached hydrogens (tertiary/aromatic N) is 2. The van der Waals surface area contributed by atoms with E-state index >= 15 is 0 Å². The number of rotatable bonds is 5. The highest BCUT2D eigenvalue weighted by Crippen LogP contribution is 2.24. The molecular weight excluding hydrogens is 324 g/mol. The maximum absolute atomic E-state index is 13.1. The Hall–Kier alpha value is -2.49. The van der Waals surface area contributed by atoms with Gasteiger partial charge in [0.1, 0.15) is 5.75 Å². The van der Waals surface area contributed by atoms with Crippen LogP contribution in [0, 0.1) is 0 Å². The lowest BCUT2D eigenvalue weighted by Crippen LogP contribution is -2.38. The van der Waals surface area contributed by atoms with E-state index in [1.165, 1.54) is 5.69 Å². The first-order valence-electron chi connectivity index (χ1n) is 9.45. The molecule has 26 heavy (non-hydrogen) atoms. The average molecular weight is 352 g/mol. The Morgan fingerprint density at radius 3 is 2.38 bits per heavy atom. The number of benzene rings is 2. The predicted octanol–water partition coefficient (Wildman–Crippen LogP) is 3.93. The zero-order chi connectivity index (χ0) is 18.4. The van der Waals surface area contributed by atoms with Gasteiger partial charge in [-0.2, -0.15) is 0 Å². The first kappa shape index (κ1) is 18.3. The summed E-state index contributed by atoms with van der Waals surface area (Å²) in [6.07, 6.45) is 1.82. The molecule has 0 bridgehead atoms. The zero-order valence-corrected chi connectivity index (χ0v) is 15.7. The summed E-state index contributed by atoms with van der Waals surface area (Å²) in [5.74, 6) is 1.09. The van der Waals surface area contributed by atoms with E-state index in [1.54, 1.807) is 7.11 Å². The van der Waals surface area contributed by atoms with Gasteiger partial charge in [-0.15, -0.1) is 0 Å². The second kappa shape index (κ2) is 8.75. The van der Waals surface area contributed by atoms with Gasteiger partial charge in [0, 0.05) is 31.9 Å². The number of carbonyl (C=O) groups is 1. The Balaban J connectivity index is 1.66. The molecule has 1 unspecified atom stereocenters. The Bertz CT molecular complexity index is 700. The van der Waals surface area contributed by atoms with Crippen molar-refractivity contribution in [3.8, 4) is 5.75 Å². The van der Waals surface area contributed by atoms with Crippen LogP contribution in [-0.2, 0) is 4.79 Å². The number of methoxy groups -OCH3 is 1. The van der Waals surface area contributed by atoms with Gasteiger partial charge in [-0.3, -0.25) is 4.79 Å². The van der Waals surface area contributed by atoms with Crippen LogP contribution in [0.3, 0.4) is 0 Å². The van der Waals surface area contributed by atoms with Crippen molar-refractivity contribution in [1.29, 1.82) is 0 Å². The summed E-state index contributed by atoms with van der Waals surface area (Å²) in [4.78, 5) is 17.5. The van der Waals surface area contributed by atoms with E-state index in [0.29, 0.717) is 0 Å². The highest BCUT2D eigenvalue weighted by molar-refractivity contribution is 5.83. The van der Waals surface area contributed by atoms with E-state index in [2.05, 4.69) is 36.1 Å². The van der Waals surface area contributed by atoms with E-state index in [0.717, 1.165) is 50.3 Å². The number of amides is 1. The lowest BCUT2D eigenvalue weighted by atomic mass is 9.95. The lowest BCUT2D eigenvalue weighted by Gasteiger charge is -2.26. The molecule has 1 aliphatic heterocycles. The highest BCUT2D eigenvalue weighted by atomic mass is 16.5. The minimum Gasteiger partial charge on any atom is -0.497 e. The minimum atomic E-state index is -0.0382. The van der Waals surface area contributed by atoms with Gasteiger partial charge in [-0.05, 0) is 42.7 Å². The third kappa shape index (κ3) is 4.18. The number of anilines is 1. The first-order valence-corrected chi connectivity index (χ1v) is 9.45. The van der Waals surface area contributed by atoms with Crippen molar-refractivity contribution < 1.29 is 9.53 Å². The van der Waals surface area contributed by atoms with Gasteiger partial charge in [0.25, 0.3) is 0 Å². The largest absolute Gasteiger partial charge is 0.497 e. The monoisotopic (exact) mass is 352 g/mol. The van der Waals surface area contributed by atoms with Crippen molar-refractivity contribution in [2.75, 3.05) is 38.2 Å². The van der Waals surface area contributed by atoms with Crippen molar-refractivity contribution in [3.63, 3.8) is 0 Å². The van der Waals surface area contributed by atoms with Crippen LogP contribution in [0.1, 0.15) is 31.2 Å². The smallest absolute Gasteiger partial charge is 0.230 e. The summed E-state index contributed by atoms with van der Waals surface area (Å²) < 4.78 is 5.24. The topological polar surface area (TPSA) is 32.8 Å². The van der Waals surface area contributed by atoms with Crippen molar-refractivity contribution in [2.45, 2.75) is 25.7 Å². The molecule has 138 valence electrons. The molecule has 1 fully saturated rings. The van der Waals surface area contributed by atoms with Crippen molar-refractivity contribution >= 4 is 11.6 Å². The van der Waals surface area contributed by atoms with Crippen LogP contribution in [0.15, 0.2) is 54.6 Å². The van der Waals surface area contributed by atoms with Gasteiger partial charge in [0.2, 0.25) is 5.91 Å². The Kier molecular flexibility index (Phi) is 6.16. The van der Waals surface area contributed by atoms with Crippen LogP contribution in [0.25, 0.3) is 0 Å². The molecular formula is C22H28N2O2. The molecule has 2 aromatic rings. The summed E-state index contributed by atoms with van der Waals surface area (Å²) in [6, 6.07) is 18.3. The molecule has 3 rings (SSSR count). The van der Waals surface area contributed by atoms with Crippen LogP contribution in [0.2, 0.25) is 0 Å². The van der Waals surface area contributed by atoms with E-state index < -0.39 is 0 Å². The fourth-order valence-electron chi connectivity index (χ4n) is 3.65. The molecule has 0 radical (unpaired) electrons. The first-order chi connectivity index (χ1) is 12.7. The standard InChI is InChI=1S/C22H28N2O2/c1-3-21(18-8-5-4-6-9-18)22(25)24-15-7-14-23(16-17-24)19-10-12-20(26-2)13-11-19/h4-6,8-13,21H,3,7,14-17H2,1-2H3. The van der Waals surface area contributed by atoms with Gasteiger partial charge in [-0.25, -0.2) is 0 Å². The van der Waals surface area contributed by atoms with Crippen molar-refractivity contribution in [1.82, 2.24) is 4.90 Å². The summed E-state index contributed by atoms with van der Waals surface area (Å²) in [5, 5.41) is 0. The summed E-state index contributed by atoms with van der Waals surface area (Å²) in [6.45, 7) is 5.53. The second-order valence-electron chi connectivity index (χ2n) is 6.74. The van der Waals surface area contributed by atoms with Crippen LogP contribution >= 0.6 is 0 Å². The lowest BCUT2D eigenvalue weighted by molar-refractivity contribution is -0.132. The van der Waals surface area contributed by atoms with Crippen LogP contribution in [0.5, 0.6) is 5.75 Å². The normalized spacial score (nSPS) is 16.1. The van der Waals surface area contributed by atoms with Crippen molar-refractivity contribution in [3.05, 3.63) is 60.2 Å². The van der Waals surface area contributed by atoms with Gasteiger partial charge < -0.3 is 14.5 Å². The van der Waals surface area contributed by atoms with E-state index in [1.807, 2.05) is 35.2 Å². The third-order valence-electron chi connectivity index (χ3n) is 5.15. The van der Waals surface area contributed by atoms with E-state index in [4.69, 9.17) is 4.74 Å². The quantitative estimate of drug-likeness (QED) is 0.817. The molecule has 0 N–H and O–H groups in total. The summed E-state index contributed by atoms with van der Waals surface area (Å²) in [5.41, 5.74) is 2.31. The van der Waals surface area contributed by atoms with Crippen molar-refractivity contribution in [2.24, 2.45) is 0 Å². The number of hydrogen-bond acceptors (Lipinski definition) is 3. The average Bonchev–Trinajstić information content (AvgIpc) is 2.96. The number of ether oxygens (including phenoxy) is 1. The van der Waals surface area contributed by atoms with E-state index in [-0.39, 0.29) is 11.8 Å². The maximum Gasteiger partial charge on any atom is 0.230 e. The molecule has 1 aliphatic rings. The molecule has 0 saturated carbocycles. The molecule has 1 atom stereocenters. The van der Waals surface area contributed by atoms with E-state index in [9.17, 15) is 4.79 Å². The summed E-state index contributed by atoms with van der Waals surface area (Å²) >= 11 is 0. The van der Waals surface area contributed by atoms with Gasteiger partial charge in [0.05, 0.1) is 13.0 Å². The second-order valence-corrected chi connectivity index (χ2v) is 6.74. The highest BCUT2D eigenvalue weighted by Gasteiger charge is 2.26. The molecule has 1 amide bonds. The molecule has 4 nitrogen and oxygen atoms in total. The molecule has 4 heteroatoms. The third-order valence-corrected chi connectivity index (χ3v) is 5.15. The van der Waals surface area contributed by atoms with Gasteiger partial charge >= 0.3 is 0 Å². The molecule has 1 heterocycles. The van der Waals surface area contributed by atoms with Gasteiger partial charge in [-0.1, -0.05) is 37.3 Å². The zero-order valence-electron chi connectivity index (χ0n) is 15.7. The summed E-state index contributed by atoms with van der Waals surface area (Å²) in [7, 11) is 1.68. The number of hydrogen-bond donors (Lipinski definition) is 0. The SMILES string of the molecule is CCC(C(=O)N1CCCN(c2ccc(OC)cc2)CC1)c1ccccc1. The molecule has 2 aromatic carbocycles. The molecule has 0 spiro atoms. The maximum atomic E-state index is 13.1. The minimum absolute atomic E-state index is 0.0382.